The highest BCUT2D eigenvalue weighted by molar-refractivity contribution is 4.54. The summed E-state index contributed by atoms with van der Waals surface area (Å²) in [7, 11) is 4.86. The number of hydrogen-bond donors (Lipinski definition) is 0. The van der Waals surface area contributed by atoms with Crippen molar-refractivity contribution in [2.45, 2.75) is 104 Å². The largest absolute Gasteiger partial charge is 1.00 e. The van der Waals surface area contributed by atoms with Crippen LogP contribution in [0, 0.1) is 0 Å². The van der Waals surface area contributed by atoms with Crippen LogP contribution in [0.4, 0.5) is 0 Å². The Bertz CT molecular complexity index is 204. The van der Waals surface area contributed by atoms with E-state index in [-0.39, 0.29) is 12.4 Å². The van der Waals surface area contributed by atoms with E-state index in [0.29, 0.717) is 0 Å². The standard InChI is InChI=1S/C19H42N.ClH/c1-6-8-10-12-13-14-15-17-19(3)20(4,5)18-16-11-9-7-2;/h19H,6-18H2,1-5H3;1H/q+1;/p-1. The van der Waals surface area contributed by atoms with Crippen molar-refractivity contribution in [3.8, 4) is 0 Å². The number of rotatable bonds is 14. The number of quaternary nitrogens is 1. The zero-order chi connectivity index (χ0) is 15.3. The topological polar surface area (TPSA) is 0 Å². The van der Waals surface area contributed by atoms with E-state index in [9.17, 15) is 0 Å². The van der Waals surface area contributed by atoms with E-state index >= 15 is 0 Å². The Morgan fingerprint density at radius 2 is 1.10 bits per heavy atom. The summed E-state index contributed by atoms with van der Waals surface area (Å²) >= 11 is 0. The van der Waals surface area contributed by atoms with Crippen molar-refractivity contribution in [2.24, 2.45) is 0 Å². The van der Waals surface area contributed by atoms with Gasteiger partial charge in [-0.1, -0.05) is 65.2 Å². The van der Waals surface area contributed by atoms with Crippen molar-refractivity contribution in [1.29, 1.82) is 0 Å². The molecular formula is C19H42ClN. The van der Waals surface area contributed by atoms with Crippen LogP contribution in [0.25, 0.3) is 0 Å². The third kappa shape index (κ3) is 13.6. The Kier molecular flexibility index (Phi) is 17.0. The first-order chi connectivity index (χ1) is 9.54. The molecule has 1 nitrogen and oxygen atoms in total. The molecule has 0 saturated carbocycles. The van der Waals surface area contributed by atoms with E-state index in [4.69, 9.17) is 0 Å². The molecule has 0 N–H and O–H groups in total. The van der Waals surface area contributed by atoms with Gasteiger partial charge >= 0.3 is 0 Å². The summed E-state index contributed by atoms with van der Waals surface area (Å²) in [5.74, 6) is 0. The molecule has 0 aromatic carbocycles. The fraction of sp³-hybridized carbons (Fsp3) is 1.00. The minimum atomic E-state index is 0. The summed E-state index contributed by atoms with van der Waals surface area (Å²) in [6, 6.07) is 0.826. The van der Waals surface area contributed by atoms with Crippen LogP contribution in [-0.2, 0) is 0 Å². The Labute approximate surface area is 141 Å². The smallest absolute Gasteiger partial charge is 0.0857 e. The molecule has 0 radical (unpaired) electrons. The lowest BCUT2D eigenvalue weighted by molar-refractivity contribution is -0.913. The third-order valence-electron chi connectivity index (χ3n) is 5.01. The molecule has 0 amide bonds. The average molecular weight is 320 g/mol. The van der Waals surface area contributed by atoms with E-state index in [2.05, 4.69) is 34.9 Å². The predicted molar refractivity (Wildman–Crippen MR) is 93.2 cm³/mol. The Morgan fingerprint density at radius 1 is 0.667 bits per heavy atom. The van der Waals surface area contributed by atoms with E-state index < -0.39 is 0 Å². The highest BCUT2D eigenvalue weighted by atomic mass is 35.5. The Balaban J connectivity index is 0. The second-order valence-electron chi connectivity index (χ2n) is 7.32. The van der Waals surface area contributed by atoms with Gasteiger partial charge in [-0.05, 0) is 32.6 Å². The van der Waals surface area contributed by atoms with E-state index in [1.54, 1.807) is 0 Å². The van der Waals surface area contributed by atoms with Crippen molar-refractivity contribution < 1.29 is 16.9 Å². The van der Waals surface area contributed by atoms with Crippen molar-refractivity contribution in [3.05, 3.63) is 0 Å². The SMILES string of the molecule is CCCCCCCCCC(C)[N+](C)(C)CCCCCC.[Cl-]. The zero-order valence-corrected chi connectivity index (χ0v) is 16.4. The first-order valence-electron chi connectivity index (χ1n) is 9.37. The van der Waals surface area contributed by atoms with Crippen molar-refractivity contribution >= 4 is 0 Å². The molecule has 21 heavy (non-hydrogen) atoms. The van der Waals surface area contributed by atoms with Gasteiger partial charge in [0, 0.05) is 0 Å². The molecule has 0 rings (SSSR count). The molecule has 0 aliphatic carbocycles. The molecule has 2 heteroatoms. The maximum absolute atomic E-state index is 2.46. The molecule has 0 aliphatic rings. The van der Waals surface area contributed by atoms with Gasteiger partial charge in [-0.3, -0.25) is 0 Å². The summed E-state index contributed by atoms with van der Waals surface area (Å²) in [6.07, 6.45) is 17.0. The second kappa shape index (κ2) is 15.2. The molecule has 130 valence electrons. The normalized spacial score (nSPS) is 13.0. The third-order valence-corrected chi connectivity index (χ3v) is 5.01. The van der Waals surface area contributed by atoms with Crippen molar-refractivity contribution in [3.63, 3.8) is 0 Å². The quantitative estimate of drug-likeness (QED) is 0.341. The lowest BCUT2D eigenvalue weighted by Crippen LogP contribution is -3.00. The van der Waals surface area contributed by atoms with Crippen LogP contribution >= 0.6 is 0 Å². The summed E-state index contributed by atoms with van der Waals surface area (Å²) in [4.78, 5) is 0. The number of halogens is 1. The van der Waals surface area contributed by atoms with Gasteiger partial charge < -0.3 is 16.9 Å². The van der Waals surface area contributed by atoms with Gasteiger partial charge in [0.1, 0.15) is 0 Å². The van der Waals surface area contributed by atoms with Crippen LogP contribution in [0.5, 0.6) is 0 Å². The lowest BCUT2D eigenvalue weighted by Gasteiger charge is -2.36. The van der Waals surface area contributed by atoms with E-state index in [1.165, 1.54) is 88.1 Å². The maximum Gasteiger partial charge on any atom is 0.0857 e. The molecule has 1 unspecified atom stereocenters. The van der Waals surface area contributed by atoms with Gasteiger partial charge in [0.2, 0.25) is 0 Å². The number of unbranched alkanes of at least 4 members (excludes halogenated alkanes) is 9. The highest BCUT2D eigenvalue weighted by Crippen LogP contribution is 2.17. The average Bonchev–Trinajstić information content (AvgIpc) is 2.42. The van der Waals surface area contributed by atoms with Gasteiger partial charge in [0.05, 0.1) is 26.7 Å². The predicted octanol–water partition coefficient (Wildman–Crippen LogP) is 3.18. The van der Waals surface area contributed by atoms with Crippen LogP contribution in [0.1, 0.15) is 97.8 Å². The summed E-state index contributed by atoms with van der Waals surface area (Å²) in [6.45, 7) is 8.40. The first-order valence-corrected chi connectivity index (χ1v) is 9.37. The first kappa shape index (κ1) is 23.5. The molecule has 0 aliphatic heterocycles. The Morgan fingerprint density at radius 3 is 1.62 bits per heavy atom. The van der Waals surface area contributed by atoms with Gasteiger partial charge in [0.25, 0.3) is 0 Å². The minimum Gasteiger partial charge on any atom is -1.00 e. The molecular weight excluding hydrogens is 278 g/mol. The highest BCUT2D eigenvalue weighted by Gasteiger charge is 2.22. The summed E-state index contributed by atoms with van der Waals surface area (Å²) < 4.78 is 1.22. The van der Waals surface area contributed by atoms with Crippen LogP contribution in [-0.4, -0.2) is 31.2 Å². The minimum absolute atomic E-state index is 0. The fourth-order valence-corrected chi connectivity index (χ4v) is 2.91. The Hall–Kier alpha value is 0.250. The molecule has 0 fully saturated rings. The van der Waals surface area contributed by atoms with Gasteiger partial charge in [0.15, 0.2) is 0 Å². The monoisotopic (exact) mass is 319 g/mol. The van der Waals surface area contributed by atoms with E-state index in [1.807, 2.05) is 0 Å². The van der Waals surface area contributed by atoms with Gasteiger partial charge in [-0.2, -0.15) is 0 Å². The summed E-state index contributed by atoms with van der Waals surface area (Å²) in [5.41, 5.74) is 0. The maximum atomic E-state index is 2.46. The zero-order valence-electron chi connectivity index (χ0n) is 15.6. The molecule has 0 saturated heterocycles. The lowest BCUT2D eigenvalue weighted by atomic mass is 10.0. The van der Waals surface area contributed by atoms with Crippen LogP contribution in [0.15, 0.2) is 0 Å². The molecule has 0 aromatic rings. The number of nitrogens with zero attached hydrogens (tertiary/aromatic N) is 1. The van der Waals surface area contributed by atoms with Gasteiger partial charge in [-0.15, -0.1) is 0 Å². The molecule has 0 spiro atoms. The summed E-state index contributed by atoms with van der Waals surface area (Å²) in [5, 5.41) is 0. The van der Waals surface area contributed by atoms with Crippen molar-refractivity contribution in [1.82, 2.24) is 0 Å². The number of hydrogen-bond acceptors (Lipinski definition) is 0. The molecule has 0 aromatic heterocycles. The van der Waals surface area contributed by atoms with Gasteiger partial charge in [-0.25, -0.2) is 0 Å². The van der Waals surface area contributed by atoms with Crippen LogP contribution < -0.4 is 12.4 Å². The second-order valence-corrected chi connectivity index (χ2v) is 7.32. The molecule has 0 bridgehead atoms. The van der Waals surface area contributed by atoms with E-state index in [0.717, 1.165) is 6.04 Å². The van der Waals surface area contributed by atoms with Crippen LogP contribution in [0.3, 0.4) is 0 Å². The van der Waals surface area contributed by atoms with Crippen molar-refractivity contribution in [2.75, 3.05) is 20.6 Å². The molecule has 1 atom stereocenters. The fourth-order valence-electron chi connectivity index (χ4n) is 2.91. The van der Waals surface area contributed by atoms with Crippen LogP contribution in [0.2, 0.25) is 0 Å². The molecule has 0 heterocycles.